The van der Waals surface area contributed by atoms with E-state index in [4.69, 9.17) is 0 Å². The van der Waals surface area contributed by atoms with Crippen molar-refractivity contribution in [3.63, 3.8) is 0 Å². The molecule has 1 aliphatic heterocycles. The van der Waals surface area contributed by atoms with Gasteiger partial charge in [0.25, 0.3) is 0 Å². The van der Waals surface area contributed by atoms with Gasteiger partial charge in [-0.3, -0.25) is 4.79 Å². The quantitative estimate of drug-likeness (QED) is 0.626. The fraction of sp³-hybridized carbons (Fsp3) is 0.667. The molecule has 0 amide bonds. The minimum absolute atomic E-state index is 0. The molecule has 1 heterocycles. The van der Waals surface area contributed by atoms with E-state index in [-0.39, 0.29) is 7.21 Å². The number of carbonyl (C=O) groups is 1. The van der Waals surface area contributed by atoms with Crippen LogP contribution in [0.2, 0.25) is 0 Å². The zero-order valence-electron chi connectivity index (χ0n) is 6.97. The molecule has 1 unspecified atom stereocenters. The Morgan fingerprint density at radius 2 is 2.64 bits per heavy atom. The molecule has 1 saturated heterocycles. The molecule has 1 fully saturated rings. The summed E-state index contributed by atoms with van der Waals surface area (Å²) < 4.78 is 0. The Labute approximate surface area is 69.2 Å². The first-order chi connectivity index (χ1) is 5.33. The van der Waals surface area contributed by atoms with Gasteiger partial charge in [-0.2, -0.15) is 0 Å². The molecule has 2 heteroatoms. The highest BCUT2D eigenvalue weighted by Gasteiger charge is 2.09. The fourth-order valence-electron chi connectivity index (χ4n) is 1.22. The minimum Gasteiger partial charge on any atom is -0.311 e. The highest BCUT2D eigenvalue weighted by Crippen LogP contribution is 2.05. The van der Waals surface area contributed by atoms with Crippen molar-refractivity contribution in [2.45, 2.75) is 32.2 Å². The van der Waals surface area contributed by atoms with E-state index >= 15 is 0 Å². The number of rotatable bonds is 3. The van der Waals surface area contributed by atoms with Gasteiger partial charge in [-0.05, 0) is 25.5 Å². The van der Waals surface area contributed by atoms with Crippen LogP contribution < -0.4 is 5.32 Å². The lowest BCUT2D eigenvalue weighted by Gasteiger charge is -2.00. The minimum atomic E-state index is 0. The van der Waals surface area contributed by atoms with Crippen molar-refractivity contribution in [2.24, 2.45) is 0 Å². The number of hydrogen-bond acceptors (Lipinski definition) is 2. The Bertz CT molecular complexity index is 162. The summed E-state index contributed by atoms with van der Waals surface area (Å²) in [4.78, 5) is 10.9. The van der Waals surface area contributed by atoms with Crippen LogP contribution in [-0.4, -0.2) is 18.4 Å². The van der Waals surface area contributed by atoms with Crippen molar-refractivity contribution in [1.29, 1.82) is 0 Å². The van der Waals surface area contributed by atoms with Gasteiger partial charge in [0.15, 0.2) is 5.78 Å². The van der Waals surface area contributed by atoms with Crippen LogP contribution in [0.3, 0.4) is 0 Å². The number of allylic oxidation sites excluding steroid dienone is 1. The molecular formula is C9H17NO. The first kappa shape index (κ1) is 8.47. The predicted octanol–water partition coefficient (Wildman–Crippen LogP) is 1.52. The SMILES string of the molecule is CCC(=O)/C=C/C1CCCN1.[HH]. The molecule has 1 atom stereocenters. The second-order valence-electron chi connectivity index (χ2n) is 2.88. The van der Waals surface area contributed by atoms with Crippen LogP contribution >= 0.6 is 0 Å². The van der Waals surface area contributed by atoms with Crippen LogP contribution in [-0.2, 0) is 4.79 Å². The lowest BCUT2D eigenvalue weighted by Crippen LogP contribution is -2.18. The Kier molecular flexibility index (Phi) is 3.30. The van der Waals surface area contributed by atoms with E-state index in [1.165, 1.54) is 12.8 Å². The van der Waals surface area contributed by atoms with Gasteiger partial charge in [0.05, 0.1) is 0 Å². The standard InChI is InChI=1S/C9H15NO.H2/c1-2-9(11)6-5-8-4-3-7-10-8;/h5-6,8,10H,2-4,7H2,1H3;1H/b6-5+;. The molecular weight excluding hydrogens is 138 g/mol. The van der Waals surface area contributed by atoms with E-state index in [2.05, 4.69) is 5.32 Å². The van der Waals surface area contributed by atoms with Crippen LogP contribution in [0.5, 0.6) is 0 Å². The number of ketones is 1. The fourth-order valence-corrected chi connectivity index (χ4v) is 1.22. The summed E-state index contributed by atoms with van der Waals surface area (Å²) in [6.07, 6.45) is 6.70. The molecule has 1 N–H and O–H groups in total. The lowest BCUT2D eigenvalue weighted by molar-refractivity contribution is -0.114. The predicted molar refractivity (Wildman–Crippen MR) is 47.6 cm³/mol. The molecule has 0 bridgehead atoms. The third-order valence-electron chi connectivity index (χ3n) is 1.96. The molecule has 11 heavy (non-hydrogen) atoms. The molecule has 0 aliphatic carbocycles. The molecule has 0 saturated carbocycles. The number of hydrogen-bond donors (Lipinski definition) is 1. The van der Waals surface area contributed by atoms with E-state index in [0.29, 0.717) is 12.5 Å². The largest absolute Gasteiger partial charge is 0.311 e. The maximum Gasteiger partial charge on any atom is 0.155 e. The van der Waals surface area contributed by atoms with Gasteiger partial charge >= 0.3 is 0 Å². The summed E-state index contributed by atoms with van der Waals surface area (Å²) >= 11 is 0. The molecule has 0 radical (unpaired) electrons. The molecule has 1 aliphatic rings. The van der Waals surface area contributed by atoms with E-state index in [9.17, 15) is 4.79 Å². The van der Waals surface area contributed by atoms with Gasteiger partial charge in [-0.25, -0.2) is 0 Å². The van der Waals surface area contributed by atoms with Crippen molar-refractivity contribution >= 4 is 5.78 Å². The molecule has 2 nitrogen and oxygen atoms in total. The highest BCUT2D eigenvalue weighted by atomic mass is 16.1. The van der Waals surface area contributed by atoms with Crippen molar-refractivity contribution < 1.29 is 6.22 Å². The van der Waals surface area contributed by atoms with Crippen molar-refractivity contribution in [1.82, 2.24) is 5.32 Å². The Morgan fingerprint density at radius 3 is 3.18 bits per heavy atom. The Balaban J connectivity index is 0.00000121. The van der Waals surface area contributed by atoms with Crippen molar-refractivity contribution in [3.05, 3.63) is 12.2 Å². The summed E-state index contributed by atoms with van der Waals surface area (Å²) in [5, 5.41) is 3.30. The molecule has 0 aromatic heterocycles. The van der Waals surface area contributed by atoms with Gasteiger partial charge in [-0.15, -0.1) is 0 Å². The second kappa shape index (κ2) is 4.29. The van der Waals surface area contributed by atoms with Gasteiger partial charge in [-0.1, -0.05) is 13.0 Å². The molecule has 0 spiro atoms. The Hall–Kier alpha value is -0.630. The summed E-state index contributed by atoms with van der Waals surface area (Å²) in [7, 11) is 0. The maximum absolute atomic E-state index is 10.9. The zero-order valence-corrected chi connectivity index (χ0v) is 6.97. The second-order valence-corrected chi connectivity index (χ2v) is 2.88. The molecule has 0 aromatic carbocycles. The highest BCUT2D eigenvalue weighted by molar-refractivity contribution is 5.89. The molecule has 0 aromatic rings. The average Bonchev–Trinajstić information content (AvgIpc) is 2.52. The van der Waals surface area contributed by atoms with Crippen LogP contribution in [0.1, 0.15) is 27.6 Å². The topological polar surface area (TPSA) is 29.1 Å². The van der Waals surface area contributed by atoms with E-state index in [1.54, 1.807) is 6.08 Å². The normalized spacial score (nSPS) is 24.6. The molecule has 1 rings (SSSR count). The summed E-state index contributed by atoms with van der Waals surface area (Å²) in [6.45, 7) is 2.98. The van der Waals surface area contributed by atoms with Crippen LogP contribution in [0.4, 0.5) is 0 Å². The molecule has 64 valence electrons. The van der Waals surface area contributed by atoms with Crippen LogP contribution in [0.15, 0.2) is 12.2 Å². The average molecular weight is 155 g/mol. The lowest BCUT2D eigenvalue weighted by atomic mass is 10.2. The third-order valence-corrected chi connectivity index (χ3v) is 1.96. The van der Waals surface area contributed by atoms with Crippen LogP contribution in [0, 0.1) is 0 Å². The van der Waals surface area contributed by atoms with E-state index in [1.807, 2.05) is 13.0 Å². The maximum atomic E-state index is 10.9. The first-order valence-electron chi connectivity index (χ1n) is 4.27. The number of nitrogens with one attached hydrogen (secondary N) is 1. The first-order valence-corrected chi connectivity index (χ1v) is 4.27. The van der Waals surface area contributed by atoms with E-state index in [0.717, 1.165) is 6.54 Å². The summed E-state index contributed by atoms with van der Waals surface area (Å²) in [5.74, 6) is 0.221. The van der Waals surface area contributed by atoms with Gasteiger partial charge in [0.1, 0.15) is 0 Å². The smallest absolute Gasteiger partial charge is 0.155 e. The Morgan fingerprint density at radius 1 is 1.82 bits per heavy atom. The van der Waals surface area contributed by atoms with Crippen LogP contribution in [0.25, 0.3) is 0 Å². The third kappa shape index (κ3) is 2.85. The summed E-state index contributed by atoms with van der Waals surface area (Å²) in [5.41, 5.74) is 0. The van der Waals surface area contributed by atoms with Gasteiger partial charge < -0.3 is 5.32 Å². The van der Waals surface area contributed by atoms with Crippen molar-refractivity contribution in [3.8, 4) is 0 Å². The van der Waals surface area contributed by atoms with Crippen molar-refractivity contribution in [2.75, 3.05) is 6.54 Å². The monoisotopic (exact) mass is 155 g/mol. The summed E-state index contributed by atoms with van der Waals surface area (Å²) in [6, 6.07) is 0.450. The van der Waals surface area contributed by atoms with Gasteiger partial charge in [0, 0.05) is 13.9 Å². The van der Waals surface area contributed by atoms with E-state index < -0.39 is 0 Å². The number of carbonyl (C=O) groups excluding carboxylic acids is 1. The zero-order chi connectivity index (χ0) is 8.10. The van der Waals surface area contributed by atoms with Gasteiger partial charge in [0.2, 0.25) is 0 Å².